The molecule has 1 aliphatic heterocycles. The summed E-state index contributed by atoms with van der Waals surface area (Å²) in [6.07, 6.45) is 3.23. The minimum atomic E-state index is -0.230. The summed E-state index contributed by atoms with van der Waals surface area (Å²) in [5.74, 6) is 1.81. The lowest BCUT2D eigenvalue weighted by molar-refractivity contribution is 0.0520. The molecule has 1 heterocycles. The van der Waals surface area contributed by atoms with E-state index in [1.54, 1.807) is 32.4 Å². The SMILES string of the molecule is COc1cc(NC(=O)NCC[C@H]2CCCOC2)cc(OC)c1. The van der Waals surface area contributed by atoms with Crippen molar-refractivity contribution >= 4 is 11.7 Å². The summed E-state index contributed by atoms with van der Waals surface area (Å²) in [5.41, 5.74) is 0.634. The molecule has 122 valence electrons. The molecule has 1 aliphatic rings. The van der Waals surface area contributed by atoms with E-state index < -0.39 is 0 Å². The highest BCUT2D eigenvalue weighted by Crippen LogP contribution is 2.25. The summed E-state index contributed by atoms with van der Waals surface area (Å²) < 4.78 is 15.8. The van der Waals surface area contributed by atoms with Crippen molar-refractivity contribution in [3.8, 4) is 11.5 Å². The van der Waals surface area contributed by atoms with Gasteiger partial charge < -0.3 is 24.8 Å². The Morgan fingerprint density at radius 1 is 1.27 bits per heavy atom. The summed E-state index contributed by atoms with van der Waals surface area (Å²) in [5, 5.41) is 5.65. The average Bonchev–Trinajstić information content (AvgIpc) is 2.55. The number of anilines is 1. The van der Waals surface area contributed by atoms with E-state index in [9.17, 15) is 4.79 Å². The Labute approximate surface area is 131 Å². The number of amides is 2. The van der Waals surface area contributed by atoms with Crippen LogP contribution >= 0.6 is 0 Å². The number of carbonyl (C=O) groups excluding carboxylic acids is 1. The molecular weight excluding hydrogens is 284 g/mol. The monoisotopic (exact) mass is 308 g/mol. The number of ether oxygens (including phenoxy) is 3. The van der Waals surface area contributed by atoms with Crippen LogP contribution in [0.4, 0.5) is 10.5 Å². The second kappa shape index (κ2) is 8.48. The van der Waals surface area contributed by atoms with Gasteiger partial charge in [-0.1, -0.05) is 0 Å². The standard InChI is InChI=1S/C16H24N2O4/c1-20-14-8-13(9-15(10-14)21-2)18-16(19)17-6-5-12-4-3-7-22-11-12/h8-10,12H,3-7,11H2,1-2H3,(H2,17,18,19)/t12-/m1/s1. The third-order valence-corrected chi connectivity index (χ3v) is 3.70. The Hall–Kier alpha value is -1.95. The molecule has 0 aliphatic carbocycles. The third-order valence-electron chi connectivity index (χ3n) is 3.70. The first kappa shape index (κ1) is 16.4. The van der Waals surface area contributed by atoms with Gasteiger partial charge in [-0.3, -0.25) is 0 Å². The molecule has 2 rings (SSSR count). The summed E-state index contributed by atoms with van der Waals surface area (Å²) in [6.45, 7) is 2.30. The van der Waals surface area contributed by atoms with E-state index in [0.29, 0.717) is 29.6 Å². The number of methoxy groups -OCH3 is 2. The lowest BCUT2D eigenvalue weighted by atomic mass is 9.99. The first-order valence-corrected chi connectivity index (χ1v) is 7.57. The Balaban J connectivity index is 1.78. The van der Waals surface area contributed by atoms with Gasteiger partial charge in [0.25, 0.3) is 0 Å². The molecule has 1 aromatic carbocycles. The maximum atomic E-state index is 11.9. The Kier molecular flexibility index (Phi) is 6.33. The first-order chi connectivity index (χ1) is 10.7. The lowest BCUT2D eigenvalue weighted by Crippen LogP contribution is -2.31. The molecule has 0 saturated carbocycles. The van der Waals surface area contributed by atoms with Crippen LogP contribution in [-0.4, -0.2) is 40.0 Å². The fourth-order valence-corrected chi connectivity index (χ4v) is 2.48. The molecule has 0 aromatic heterocycles. The third kappa shape index (κ3) is 5.11. The van der Waals surface area contributed by atoms with Gasteiger partial charge in [0.2, 0.25) is 0 Å². The van der Waals surface area contributed by atoms with Crippen LogP contribution in [0, 0.1) is 5.92 Å². The highest BCUT2D eigenvalue weighted by Gasteiger charge is 2.14. The molecule has 1 atom stereocenters. The van der Waals surface area contributed by atoms with Gasteiger partial charge in [-0.2, -0.15) is 0 Å². The number of carbonyl (C=O) groups is 1. The number of urea groups is 1. The molecule has 6 heteroatoms. The quantitative estimate of drug-likeness (QED) is 0.847. The second-order valence-electron chi connectivity index (χ2n) is 5.35. The fourth-order valence-electron chi connectivity index (χ4n) is 2.48. The lowest BCUT2D eigenvalue weighted by Gasteiger charge is -2.21. The highest BCUT2D eigenvalue weighted by molar-refractivity contribution is 5.89. The van der Waals surface area contributed by atoms with Gasteiger partial charge in [-0.05, 0) is 25.2 Å². The van der Waals surface area contributed by atoms with Crippen LogP contribution in [0.3, 0.4) is 0 Å². The number of nitrogens with one attached hydrogen (secondary N) is 2. The van der Waals surface area contributed by atoms with Crippen molar-refractivity contribution in [2.45, 2.75) is 19.3 Å². The van der Waals surface area contributed by atoms with E-state index in [4.69, 9.17) is 14.2 Å². The molecule has 22 heavy (non-hydrogen) atoms. The molecule has 0 radical (unpaired) electrons. The van der Waals surface area contributed by atoms with Crippen molar-refractivity contribution in [1.29, 1.82) is 0 Å². The van der Waals surface area contributed by atoms with Gasteiger partial charge in [0.15, 0.2) is 0 Å². The van der Waals surface area contributed by atoms with Crippen molar-refractivity contribution in [3.63, 3.8) is 0 Å². The second-order valence-corrected chi connectivity index (χ2v) is 5.35. The molecule has 1 fully saturated rings. The van der Waals surface area contributed by atoms with Gasteiger partial charge in [0, 0.05) is 43.6 Å². The van der Waals surface area contributed by atoms with Gasteiger partial charge in [-0.25, -0.2) is 4.79 Å². The van der Waals surface area contributed by atoms with Crippen LogP contribution in [-0.2, 0) is 4.74 Å². The highest BCUT2D eigenvalue weighted by atomic mass is 16.5. The van der Waals surface area contributed by atoms with Crippen LogP contribution in [0.1, 0.15) is 19.3 Å². The van der Waals surface area contributed by atoms with Crippen molar-refractivity contribution < 1.29 is 19.0 Å². The summed E-state index contributed by atoms with van der Waals surface area (Å²) in [7, 11) is 3.15. The number of hydrogen-bond acceptors (Lipinski definition) is 4. The van der Waals surface area contributed by atoms with Crippen molar-refractivity contribution in [3.05, 3.63) is 18.2 Å². The van der Waals surface area contributed by atoms with Crippen molar-refractivity contribution in [2.24, 2.45) is 5.92 Å². The Morgan fingerprint density at radius 2 is 2.00 bits per heavy atom. The van der Waals surface area contributed by atoms with Gasteiger partial charge in [0.05, 0.1) is 14.2 Å². The van der Waals surface area contributed by atoms with Crippen LogP contribution in [0.5, 0.6) is 11.5 Å². The minimum Gasteiger partial charge on any atom is -0.497 e. The molecule has 1 saturated heterocycles. The smallest absolute Gasteiger partial charge is 0.319 e. The molecule has 0 bridgehead atoms. The van der Waals surface area contributed by atoms with E-state index in [1.165, 1.54) is 6.42 Å². The normalized spacial score (nSPS) is 17.6. The zero-order chi connectivity index (χ0) is 15.8. The van der Waals surface area contributed by atoms with Gasteiger partial charge >= 0.3 is 6.03 Å². The number of benzene rings is 1. The molecular formula is C16H24N2O4. The zero-order valence-corrected chi connectivity index (χ0v) is 13.2. The fraction of sp³-hybridized carbons (Fsp3) is 0.562. The number of rotatable bonds is 6. The van der Waals surface area contributed by atoms with Crippen LogP contribution in [0.25, 0.3) is 0 Å². The average molecular weight is 308 g/mol. The molecule has 1 aromatic rings. The Bertz CT molecular complexity index is 465. The first-order valence-electron chi connectivity index (χ1n) is 7.57. The van der Waals surface area contributed by atoms with Crippen LogP contribution in [0.2, 0.25) is 0 Å². The summed E-state index contributed by atoms with van der Waals surface area (Å²) in [6, 6.07) is 5.02. The topological polar surface area (TPSA) is 68.8 Å². The zero-order valence-electron chi connectivity index (χ0n) is 13.2. The van der Waals surface area contributed by atoms with Crippen LogP contribution < -0.4 is 20.1 Å². The molecule has 0 unspecified atom stereocenters. The summed E-state index contributed by atoms with van der Waals surface area (Å²) >= 11 is 0. The number of hydrogen-bond donors (Lipinski definition) is 2. The van der Waals surface area contributed by atoms with Crippen molar-refractivity contribution in [1.82, 2.24) is 5.32 Å². The van der Waals surface area contributed by atoms with E-state index in [2.05, 4.69) is 10.6 Å². The van der Waals surface area contributed by atoms with Gasteiger partial charge in [0.1, 0.15) is 11.5 Å². The summed E-state index contributed by atoms with van der Waals surface area (Å²) in [4.78, 5) is 11.9. The predicted molar refractivity (Wildman–Crippen MR) is 84.7 cm³/mol. The largest absolute Gasteiger partial charge is 0.497 e. The molecule has 6 nitrogen and oxygen atoms in total. The van der Waals surface area contributed by atoms with Gasteiger partial charge in [-0.15, -0.1) is 0 Å². The van der Waals surface area contributed by atoms with E-state index in [1.807, 2.05) is 0 Å². The molecule has 0 spiro atoms. The minimum absolute atomic E-state index is 0.230. The van der Waals surface area contributed by atoms with Crippen molar-refractivity contribution in [2.75, 3.05) is 39.3 Å². The Morgan fingerprint density at radius 3 is 2.59 bits per heavy atom. The molecule has 2 amide bonds. The van der Waals surface area contributed by atoms with E-state index in [-0.39, 0.29) is 6.03 Å². The van der Waals surface area contributed by atoms with E-state index in [0.717, 1.165) is 26.1 Å². The maximum Gasteiger partial charge on any atom is 0.319 e. The maximum absolute atomic E-state index is 11.9. The van der Waals surface area contributed by atoms with Crippen LogP contribution in [0.15, 0.2) is 18.2 Å². The van der Waals surface area contributed by atoms with E-state index >= 15 is 0 Å². The molecule has 2 N–H and O–H groups in total. The predicted octanol–water partition coefficient (Wildman–Crippen LogP) is 2.64.